The molecule has 0 bridgehead atoms. The zero-order chi connectivity index (χ0) is 11.9. The molecule has 0 spiro atoms. The quantitative estimate of drug-likeness (QED) is 0.701. The van der Waals surface area contributed by atoms with Crippen LogP contribution in [-0.4, -0.2) is 22.2 Å². The van der Waals surface area contributed by atoms with Crippen LogP contribution < -0.4 is 11.1 Å². The molecule has 4 nitrogen and oxygen atoms in total. The number of nitrogen functional groups attached to an aromatic ring is 1. The molecule has 1 aromatic heterocycles. The van der Waals surface area contributed by atoms with Crippen LogP contribution in [0.4, 0.5) is 11.4 Å². The molecule has 17 heavy (non-hydrogen) atoms. The molecule has 0 aliphatic heterocycles. The Hall–Kier alpha value is -1.81. The molecule has 0 radical (unpaired) electrons. The van der Waals surface area contributed by atoms with E-state index in [0.29, 0.717) is 5.69 Å². The third-order valence-corrected chi connectivity index (χ3v) is 3.36. The van der Waals surface area contributed by atoms with Crippen molar-refractivity contribution in [3.05, 3.63) is 30.5 Å². The maximum absolute atomic E-state index is 9.34. The van der Waals surface area contributed by atoms with Crippen LogP contribution in [0.5, 0.6) is 0 Å². The molecule has 1 aliphatic carbocycles. The number of aliphatic hydroxyl groups excluding tert-OH is 1. The Morgan fingerprint density at radius 1 is 1.35 bits per heavy atom. The standard InChI is InChI=1S/C13H15N3O/c14-10-3-4-11(16-13(8-17)5-6-13)9-2-1-7-15-12(9)10/h1-4,7,16-17H,5-6,8,14H2. The van der Waals surface area contributed by atoms with Gasteiger partial charge in [0.05, 0.1) is 23.3 Å². The molecule has 0 unspecified atom stereocenters. The first kappa shape index (κ1) is 10.4. The first-order valence-corrected chi connectivity index (χ1v) is 5.76. The molecule has 0 amide bonds. The molecule has 4 heteroatoms. The predicted molar refractivity (Wildman–Crippen MR) is 68.8 cm³/mol. The van der Waals surface area contributed by atoms with Gasteiger partial charge in [-0.1, -0.05) is 0 Å². The third-order valence-electron chi connectivity index (χ3n) is 3.36. The van der Waals surface area contributed by atoms with Crippen molar-refractivity contribution in [2.24, 2.45) is 0 Å². The fraction of sp³-hybridized carbons (Fsp3) is 0.308. The van der Waals surface area contributed by atoms with E-state index in [9.17, 15) is 5.11 Å². The van der Waals surface area contributed by atoms with Gasteiger partial charge in [-0.15, -0.1) is 0 Å². The highest BCUT2D eigenvalue weighted by atomic mass is 16.3. The summed E-state index contributed by atoms with van der Waals surface area (Å²) in [5, 5.41) is 13.8. The second kappa shape index (κ2) is 3.60. The maximum atomic E-state index is 9.34. The van der Waals surface area contributed by atoms with Gasteiger partial charge in [-0.3, -0.25) is 4.98 Å². The summed E-state index contributed by atoms with van der Waals surface area (Å²) in [6.07, 6.45) is 3.76. The van der Waals surface area contributed by atoms with Gasteiger partial charge in [0.1, 0.15) is 0 Å². The highest BCUT2D eigenvalue weighted by Gasteiger charge is 2.42. The highest BCUT2D eigenvalue weighted by Crippen LogP contribution is 2.40. The molecule has 4 N–H and O–H groups in total. The highest BCUT2D eigenvalue weighted by molar-refractivity contribution is 5.98. The fourth-order valence-corrected chi connectivity index (χ4v) is 2.06. The van der Waals surface area contributed by atoms with Crippen molar-refractivity contribution in [2.45, 2.75) is 18.4 Å². The van der Waals surface area contributed by atoms with E-state index in [1.807, 2.05) is 24.3 Å². The van der Waals surface area contributed by atoms with E-state index < -0.39 is 0 Å². The molecule has 0 atom stereocenters. The zero-order valence-electron chi connectivity index (χ0n) is 9.48. The topological polar surface area (TPSA) is 71.2 Å². The summed E-state index contributed by atoms with van der Waals surface area (Å²) in [6.45, 7) is 0.166. The Kier molecular flexibility index (Phi) is 2.19. The number of fused-ring (bicyclic) bond motifs is 1. The van der Waals surface area contributed by atoms with E-state index in [0.717, 1.165) is 29.4 Å². The fourth-order valence-electron chi connectivity index (χ4n) is 2.06. The number of nitrogens with zero attached hydrogens (tertiary/aromatic N) is 1. The number of rotatable bonds is 3. The molecule has 2 aromatic rings. The molecule has 1 aliphatic rings. The van der Waals surface area contributed by atoms with Crippen molar-refractivity contribution in [3.8, 4) is 0 Å². The van der Waals surface area contributed by atoms with Gasteiger partial charge in [-0.05, 0) is 37.1 Å². The smallest absolute Gasteiger partial charge is 0.0951 e. The monoisotopic (exact) mass is 229 g/mol. The Morgan fingerprint density at radius 3 is 2.88 bits per heavy atom. The van der Waals surface area contributed by atoms with Gasteiger partial charge < -0.3 is 16.2 Å². The van der Waals surface area contributed by atoms with Crippen LogP contribution >= 0.6 is 0 Å². The second-order valence-corrected chi connectivity index (χ2v) is 4.67. The van der Waals surface area contributed by atoms with Crippen LogP contribution in [0.2, 0.25) is 0 Å². The van der Waals surface area contributed by atoms with Crippen molar-refractivity contribution >= 4 is 22.3 Å². The average molecular weight is 229 g/mol. The van der Waals surface area contributed by atoms with Gasteiger partial charge in [-0.25, -0.2) is 0 Å². The number of hydrogen-bond donors (Lipinski definition) is 3. The predicted octanol–water partition coefficient (Wildman–Crippen LogP) is 1.75. The van der Waals surface area contributed by atoms with E-state index in [1.54, 1.807) is 6.20 Å². The van der Waals surface area contributed by atoms with Crippen molar-refractivity contribution in [1.82, 2.24) is 4.98 Å². The first-order chi connectivity index (χ1) is 8.24. The Labute approximate surface area is 99.5 Å². The number of aromatic nitrogens is 1. The van der Waals surface area contributed by atoms with Crippen LogP contribution in [0.3, 0.4) is 0 Å². The molecule has 1 saturated carbocycles. The number of aliphatic hydroxyl groups is 1. The van der Waals surface area contributed by atoms with Gasteiger partial charge in [0, 0.05) is 17.3 Å². The van der Waals surface area contributed by atoms with Crippen LogP contribution in [0.15, 0.2) is 30.5 Å². The summed E-state index contributed by atoms with van der Waals surface area (Å²) in [4.78, 5) is 4.29. The van der Waals surface area contributed by atoms with Crippen molar-refractivity contribution in [3.63, 3.8) is 0 Å². The largest absolute Gasteiger partial charge is 0.397 e. The van der Waals surface area contributed by atoms with Gasteiger partial charge in [0.25, 0.3) is 0 Å². The Balaban J connectivity index is 2.08. The summed E-state index contributed by atoms with van der Waals surface area (Å²) in [5.41, 5.74) is 8.26. The van der Waals surface area contributed by atoms with Crippen LogP contribution in [0, 0.1) is 0 Å². The van der Waals surface area contributed by atoms with Gasteiger partial charge in [0.2, 0.25) is 0 Å². The van der Waals surface area contributed by atoms with Crippen molar-refractivity contribution < 1.29 is 5.11 Å². The molecule has 88 valence electrons. The van der Waals surface area contributed by atoms with Crippen molar-refractivity contribution in [1.29, 1.82) is 0 Å². The minimum absolute atomic E-state index is 0.126. The van der Waals surface area contributed by atoms with Gasteiger partial charge >= 0.3 is 0 Å². The summed E-state index contributed by atoms with van der Waals surface area (Å²) in [7, 11) is 0. The number of hydrogen-bond acceptors (Lipinski definition) is 4. The lowest BCUT2D eigenvalue weighted by atomic mass is 10.1. The summed E-state index contributed by atoms with van der Waals surface area (Å²) < 4.78 is 0. The van der Waals surface area contributed by atoms with Gasteiger partial charge in [0.15, 0.2) is 0 Å². The number of pyridine rings is 1. The van der Waals surface area contributed by atoms with Gasteiger partial charge in [-0.2, -0.15) is 0 Å². The minimum Gasteiger partial charge on any atom is -0.397 e. The number of anilines is 2. The third kappa shape index (κ3) is 1.70. The normalized spacial score (nSPS) is 17.0. The zero-order valence-corrected chi connectivity index (χ0v) is 9.48. The van der Waals surface area contributed by atoms with E-state index in [-0.39, 0.29) is 12.1 Å². The van der Waals surface area contributed by atoms with E-state index >= 15 is 0 Å². The lowest BCUT2D eigenvalue weighted by Crippen LogP contribution is -2.25. The number of nitrogens with two attached hydrogens (primary N) is 1. The minimum atomic E-state index is -0.126. The molecule has 0 saturated heterocycles. The summed E-state index contributed by atoms with van der Waals surface area (Å²) >= 11 is 0. The molecular weight excluding hydrogens is 214 g/mol. The molecule has 1 heterocycles. The molecule has 3 rings (SSSR count). The van der Waals surface area contributed by atoms with Crippen LogP contribution in [-0.2, 0) is 0 Å². The van der Waals surface area contributed by atoms with Crippen molar-refractivity contribution in [2.75, 3.05) is 17.7 Å². The first-order valence-electron chi connectivity index (χ1n) is 5.76. The van der Waals surface area contributed by atoms with Crippen LogP contribution in [0.1, 0.15) is 12.8 Å². The summed E-state index contributed by atoms with van der Waals surface area (Å²) in [5.74, 6) is 0. The average Bonchev–Trinajstić information content (AvgIpc) is 3.14. The second-order valence-electron chi connectivity index (χ2n) is 4.67. The summed E-state index contributed by atoms with van der Waals surface area (Å²) in [6, 6.07) is 7.69. The number of nitrogens with one attached hydrogen (secondary N) is 1. The van der Waals surface area contributed by atoms with Crippen LogP contribution in [0.25, 0.3) is 10.9 Å². The Morgan fingerprint density at radius 2 is 2.18 bits per heavy atom. The maximum Gasteiger partial charge on any atom is 0.0951 e. The van der Waals surface area contributed by atoms with E-state index in [1.165, 1.54) is 0 Å². The molecular formula is C13H15N3O. The SMILES string of the molecule is Nc1ccc(NC2(CO)CC2)c2cccnc12. The lowest BCUT2D eigenvalue weighted by Gasteiger charge is -2.17. The van der Waals surface area contributed by atoms with E-state index in [2.05, 4.69) is 10.3 Å². The molecule has 1 fully saturated rings. The number of benzene rings is 1. The lowest BCUT2D eigenvalue weighted by molar-refractivity contribution is 0.266. The van der Waals surface area contributed by atoms with E-state index in [4.69, 9.17) is 5.73 Å². The molecule has 1 aromatic carbocycles. The Bertz CT molecular complexity index is 564.